The SMILES string of the molecule is CCCCCCCCCOCCCCCCCCS. The van der Waals surface area contributed by atoms with Crippen molar-refractivity contribution in [2.24, 2.45) is 0 Å². The summed E-state index contributed by atoms with van der Waals surface area (Å²) in [5, 5.41) is 0. The number of hydrogen-bond acceptors (Lipinski definition) is 2. The zero-order valence-corrected chi connectivity index (χ0v) is 14.1. The van der Waals surface area contributed by atoms with Crippen LogP contribution in [-0.2, 0) is 4.74 Å². The lowest BCUT2D eigenvalue weighted by molar-refractivity contribution is 0.125. The fourth-order valence-corrected chi connectivity index (χ4v) is 2.51. The van der Waals surface area contributed by atoms with Gasteiger partial charge in [0.05, 0.1) is 0 Å². The van der Waals surface area contributed by atoms with Crippen molar-refractivity contribution in [3.8, 4) is 0 Å². The minimum Gasteiger partial charge on any atom is -0.381 e. The normalized spacial score (nSPS) is 11.1. The Balaban J connectivity index is 2.88. The Kier molecular flexibility index (Phi) is 18.6. The molecule has 0 aromatic rings. The molecule has 1 nitrogen and oxygen atoms in total. The Morgan fingerprint density at radius 1 is 0.579 bits per heavy atom. The van der Waals surface area contributed by atoms with Crippen LogP contribution >= 0.6 is 12.6 Å². The van der Waals surface area contributed by atoms with Crippen LogP contribution in [0, 0.1) is 0 Å². The topological polar surface area (TPSA) is 9.23 Å². The molecule has 0 aliphatic carbocycles. The fourth-order valence-electron chi connectivity index (χ4n) is 2.29. The Morgan fingerprint density at radius 2 is 1.00 bits per heavy atom. The zero-order chi connectivity index (χ0) is 14.0. The lowest BCUT2D eigenvalue weighted by atomic mass is 10.1. The smallest absolute Gasteiger partial charge is 0.0466 e. The van der Waals surface area contributed by atoms with Gasteiger partial charge in [0.2, 0.25) is 0 Å². The summed E-state index contributed by atoms with van der Waals surface area (Å²) in [6, 6.07) is 0. The molecule has 0 saturated carbocycles. The molecule has 0 fully saturated rings. The van der Waals surface area contributed by atoms with Gasteiger partial charge in [-0.2, -0.15) is 12.6 Å². The van der Waals surface area contributed by atoms with Gasteiger partial charge < -0.3 is 4.74 Å². The van der Waals surface area contributed by atoms with E-state index in [9.17, 15) is 0 Å². The second kappa shape index (κ2) is 18.3. The molecular weight excluding hydrogens is 252 g/mol. The van der Waals surface area contributed by atoms with Crippen molar-refractivity contribution in [2.75, 3.05) is 19.0 Å². The number of ether oxygens (including phenoxy) is 1. The predicted octanol–water partition coefficient (Wildman–Crippen LogP) is 6.02. The van der Waals surface area contributed by atoms with Crippen LogP contribution in [0.5, 0.6) is 0 Å². The molecule has 0 aliphatic heterocycles. The van der Waals surface area contributed by atoms with Crippen LogP contribution < -0.4 is 0 Å². The second-order valence-corrected chi connectivity index (χ2v) is 6.03. The quantitative estimate of drug-likeness (QED) is 0.270. The highest BCUT2D eigenvalue weighted by atomic mass is 32.1. The first-order valence-corrected chi connectivity index (χ1v) is 9.23. The summed E-state index contributed by atoms with van der Waals surface area (Å²) < 4.78 is 5.68. The van der Waals surface area contributed by atoms with Crippen molar-refractivity contribution in [1.82, 2.24) is 0 Å². The molecule has 0 heterocycles. The van der Waals surface area contributed by atoms with Crippen LogP contribution in [0.1, 0.15) is 90.4 Å². The maximum absolute atomic E-state index is 5.68. The Morgan fingerprint density at radius 3 is 1.47 bits per heavy atom. The summed E-state index contributed by atoms with van der Waals surface area (Å²) in [6.07, 6.45) is 17.6. The molecule has 0 aromatic heterocycles. The van der Waals surface area contributed by atoms with E-state index >= 15 is 0 Å². The highest BCUT2D eigenvalue weighted by molar-refractivity contribution is 7.80. The van der Waals surface area contributed by atoms with Gasteiger partial charge in [-0.1, -0.05) is 71.1 Å². The average Bonchev–Trinajstić information content (AvgIpc) is 2.43. The van der Waals surface area contributed by atoms with Gasteiger partial charge in [-0.15, -0.1) is 0 Å². The Labute approximate surface area is 127 Å². The minimum absolute atomic E-state index is 0.975. The van der Waals surface area contributed by atoms with E-state index in [2.05, 4.69) is 19.6 Å². The maximum atomic E-state index is 5.68. The van der Waals surface area contributed by atoms with Crippen LogP contribution in [-0.4, -0.2) is 19.0 Å². The van der Waals surface area contributed by atoms with Crippen LogP contribution in [0.4, 0.5) is 0 Å². The number of rotatable bonds is 16. The molecule has 0 N–H and O–H groups in total. The first-order chi connectivity index (χ1) is 9.41. The standard InChI is InChI=1S/C17H36OS/c1-2-3-4-5-6-9-12-15-18-16-13-10-7-8-11-14-17-19/h19H,2-17H2,1H3. The van der Waals surface area contributed by atoms with Crippen LogP contribution in [0.25, 0.3) is 0 Å². The molecule has 0 bridgehead atoms. The lowest BCUT2D eigenvalue weighted by Gasteiger charge is -2.04. The van der Waals surface area contributed by atoms with E-state index in [0.717, 1.165) is 19.0 Å². The molecular formula is C17H36OS. The van der Waals surface area contributed by atoms with E-state index in [1.807, 2.05) is 0 Å². The van der Waals surface area contributed by atoms with Crippen LogP contribution in [0.2, 0.25) is 0 Å². The zero-order valence-electron chi connectivity index (χ0n) is 13.2. The summed E-state index contributed by atoms with van der Waals surface area (Å²) >= 11 is 4.22. The van der Waals surface area contributed by atoms with Crippen molar-refractivity contribution in [3.05, 3.63) is 0 Å². The lowest BCUT2D eigenvalue weighted by Crippen LogP contribution is -1.97. The number of thiol groups is 1. The monoisotopic (exact) mass is 288 g/mol. The predicted molar refractivity (Wildman–Crippen MR) is 90.4 cm³/mol. The number of hydrogen-bond donors (Lipinski definition) is 1. The van der Waals surface area contributed by atoms with Gasteiger partial charge in [-0.05, 0) is 25.0 Å². The summed E-state index contributed by atoms with van der Waals surface area (Å²) in [6.45, 7) is 4.23. The molecule has 116 valence electrons. The third-order valence-corrected chi connectivity index (χ3v) is 3.91. The average molecular weight is 289 g/mol. The molecule has 0 spiro atoms. The van der Waals surface area contributed by atoms with E-state index in [1.165, 1.54) is 83.5 Å². The minimum atomic E-state index is 0.975. The third-order valence-electron chi connectivity index (χ3n) is 3.59. The van der Waals surface area contributed by atoms with Crippen molar-refractivity contribution in [1.29, 1.82) is 0 Å². The van der Waals surface area contributed by atoms with E-state index in [-0.39, 0.29) is 0 Å². The van der Waals surface area contributed by atoms with Gasteiger partial charge >= 0.3 is 0 Å². The van der Waals surface area contributed by atoms with E-state index < -0.39 is 0 Å². The van der Waals surface area contributed by atoms with Crippen molar-refractivity contribution < 1.29 is 4.74 Å². The molecule has 0 amide bonds. The third kappa shape index (κ3) is 18.3. The first kappa shape index (κ1) is 19.3. The number of unbranched alkanes of at least 4 members (excludes halogenated alkanes) is 11. The molecule has 0 rings (SSSR count). The summed E-state index contributed by atoms with van der Waals surface area (Å²) in [5.74, 6) is 1.04. The molecule has 0 aliphatic rings. The van der Waals surface area contributed by atoms with Gasteiger partial charge in [0, 0.05) is 13.2 Å². The molecule has 0 unspecified atom stereocenters. The highest BCUT2D eigenvalue weighted by Crippen LogP contribution is 2.08. The van der Waals surface area contributed by atoms with Crippen LogP contribution in [0.15, 0.2) is 0 Å². The molecule has 0 saturated heterocycles. The van der Waals surface area contributed by atoms with Gasteiger partial charge in [-0.25, -0.2) is 0 Å². The van der Waals surface area contributed by atoms with E-state index in [4.69, 9.17) is 4.74 Å². The highest BCUT2D eigenvalue weighted by Gasteiger charge is 1.93. The Hall–Kier alpha value is 0.310. The van der Waals surface area contributed by atoms with E-state index in [0.29, 0.717) is 0 Å². The largest absolute Gasteiger partial charge is 0.381 e. The molecule has 0 atom stereocenters. The first-order valence-electron chi connectivity index (χ1n) is 8.60. The molecule has 0 aromatic carbocycles. The van der Waals surface area contributed by atoms with E-state index in [1.54, 1.807) is 0 Å². The second-order valence-electron chi connectivity index (χ2n) is 5.58. The van der Waals surface area contributed by atoms with Crippen molar-refractivity contribution in [3.63, 3.8) is 0 Å². The molecule has 0 radical (unpaired) electrons. The van der Waals surface area contributed by atoms with Gasteiger partial charge in [0.1, 0.15) is 0 Å². The fraction of sp³-hybridized carbons (Fsp3) is 1.00. The Bertz CT molecular complexity index is 134. The van der Waals surface area contributed by atoms with Gasteiger partial charge in [0.25, 0.3) is 0 Å². The summed E-state index contributed by atoms with van der Waals surface area (Å²) in [7, 11) is 0. The summed E-state index contributed by atoms with van der Waals surface area (Å²) in [5.41, 5.74) is 0. The molecule has 19 heavy (non-hydrogen) atoms. The maximum Gasteiger partial charge on any atom is 0.0466 e. The van der Waals surface area contributed by atoms with Crippen LogP contribution in [0.3, 0.4) is 0 Å². The van der Waals surface area contributed by atoms with Crippen molar-refractivity contribution >= 4 is 12.6 Å². The molecule has 2 heteroatoms. The van der Waals surface area contributed by atoms with Gasteiger partial charge in [-0.3, -0.25) is 0 Å². The van der Waals surface area contributed by atoms with Gasteiger partial charge in [0.15, 0.2) is 0 Å². The van der Waals surface area contributed by atoms with Crippen molar-refractivity contribution in [2.45, 2.75) is 90.4 Å². The summed E-state index contributed by atoms with van der Waals surface area (Å²) in [4.78, 5) is 0.